The number of nitrogens with one attached hydrogen (secondary N) is 1. The van der Waals surface area contributed by atoms with Gasteiger partial charge in [-0.3, -0.25) is 0 Å². The molecule has 1 aliphatic heterocycles. The van der Waals surface area contributed by atoms with Gasteiger partial charge in [-0.2, -0.15) is 0 Å². The summed E-state index contributed by atoms with van der Waals surface area (Å²) in [4.78, 5) is 0. The van der Waals surface area contributed by atoms with E-state index in [1.807, 2.05) is 0 Å². The van der Waals surface area contributed by atoms with E-state index < -0.39 is 17.7 Å². The van der Waals surface area contributed by atoms with Gasteiger partial charge >= 0.3 is 0 Å². The lowest BCUT2D eigenvalue weighted by molar-refractivity contribution is 0.174. The Morgan fingerprint density at radius 2 is 1.86 bits per heavy atom. The SMILES string of the molecule is CC(Nc1cc2c(cc1Cl)OCO2)c1cc(F)ccc1F. The Kier molecular flexibility index (Phi) is 3.59. The quantitative estimate of drug-likeness (QED) is 0.904. The molecular weight excluding hydrogens is 300 g/mol. The summed E-state index contributed by atoms with van der Waals surface area (Å²) in [6, 6.07) is 6.19. The molecule has 1 N–H and O–H groups in total. The summed E-state index contributed by atoms with van der Waals surface area (Å²) in [5.41, 5.74) is 0.792. The van der Waals surface area contributed by atoms with Crippen LogP contribution in [0, 0.1) is 11.6 Å². The summed E-state index contributed by atoms with van der Waals surface area (Å²) in [5.74, 6) is 0.161. The predicted molar refractivity (Wildman–Crippen MR) is 76.0 cm³/mol. The van der Waals surface area contributed by atoms with E-state index in [1.165, 1.54) is 0 Å². The van der Waals surface area contributed by atoms with Crippen LogP contribution in [0.3, 0.4) is 0 Å². The molecule has 0 radical (unpaired) electrons. The Morgan fingerprint density at radius 3 is 2.62 bits per heavy atom. The lowest BCUT2D eigenvalue weighted by Gasteiger charge is -2.18. The molecule has 110 valence electrons. The topological polar surface area (TPSA) is 30.5 Å². The van der Waals surface area contributed by atoms with Gasteiger partial charge in [0.15, 0.2) is 11.5 Å². The molecule has 0 aliphatic carbocycles. The summed E-state index contributed by atoms with van der Waals surface area (Å²) in [6.45, 7) is 1.86. The number of anilines is 1. The number of benzene rings is 2. The van der Waals surface area contributed by atoms with Crippen molar-refractivity contribution >= 4 is 17.3 Å². The van der Waals surface area contributed by atoms with Crippen LogP contribution in [0.1, 0.15) is 18.5 Å². The van der Waals surface area contributed by atoms with Crippen LogP contribution in [0.5, 0.6) is 11.5 Å². The van der Waals surface area contributed by atoms with Crippen molar-refractivity contribution in [2.24, 2.45) is 0 Å². The first-order valence-electron chi connectivity index (χ1n) is 6.35. The maximum absolute atomic E-state index is 13.8. The van der Waals surface area contributed by atoms with Gasteiger partial charge in [-0.05, 0) is 25.1 Å². The molecule has 1 heterocycles. The first kappa shape index (κ1) is 13.9. The van der Waals surface area contributed by atoms with E-state index in [9.17, 15) is 8.78 Å². The van der Waals surface area contributed by atoms with Crippen LogP contribution in [-0.4, -0.2) is 6.79 Å². The fourth-order valence-electron chi connectivity index (χ4n) is 2.19. The van der Waals surface area contributed by atoms with E-state index in [2.05, 4.69) is 5.32 Å². The van der Waals surface area contributed by atoms with Gasteiger partial charge in [0.2, 0.25) is 6.79 Å². The van der Waals surface area contributed by atoms with Gasteiger partial charge in [0.05, 0.1) is 16.8 Å². The third-order valence-corrected chi connectivity index (χ3v) is 3.57. The molecule has 0 bridgehead atoms. The minimum absolute atomic E-state index is 0.142. The molecule has 1 atom stereocenters. The Hall–Kier alpha value is -2.01. The number of hydrogen-bond acceptors (Lipinski definition) is 3. The van der Waals surface area contributed by atoms with Crippen molar-refractivity contribution in [1.29, 1.82) is 0 Å². The van der Waals surface area contributed by atoms with E-state index in [4.69, 9.17) is 21.1 Å². The van der Waals surface area contributed by atoms with Gasteiger partial charge in [-0.15, -0.1) is 0 Å². The van der Waals surface area contributed by atoms with Crippen molar-refractivity contribution in [2.75, 3.05) is 12.1 Å². The first-order chi connectivity index (χ1) is 10.0. The van der Waals surface area contributed by atoms with Crippen molar-refractivity contribution in [3.05, 3.63) is 52.6 Å². The second-order valence-corrected chi connectivity index (χ2v) is 5.12. The van der Waals surface area contributed by atoms with Crippen LogP contribution in [0.15, 0.2) is 30.3 Å². The number of hydrogen-bond donors (Lipinski definition) is 1. The zero-order valence-electron chi connectivity index (χ0n) is 11.1. The standard InChI is InChI=1S/C15H12ClF2NO2/c1-8(10-4-9(17)2-3-12(10)18)19-13-6-15-14(5-11(13)16)20-7-21-15/h2-6,8,19H,7H2,1H3. The average Bonchev–Trinajstić information content (AvgIpc) is 2.88. The number of fused-ring (bicyclic) bond motifs is 1. The maximum atomic E-state index is 13.8. The molecule has 0 fully saturated rings. The van der Waals surface area contributed by atoms with Gasteiger partial charge in [0.25, 0.3) is 0 Å². The fourth-order valence-corrected chi connectivity index (χ4v) is 2.39. The molecule has 0 saturated heterocycles. The summed E-state index contributed by atoms with van der Waals surface area (Å²) in [7, 11) is 0. The fraction of sp³-hybridized carbons (Fsp3) is 0.200. The normalized spacial score (nSPS) is 14.1. The lowest BCUT2D eigenvalue weighted by Crippen LogP contribution is -2.09. The minimum atomic E-state index is -0.489. The Balaban J connectivity index is 1.88. The van der Waals surface area contributed by atoms with E-state index in [1.54, 1.807) is 19.1 Å². The van der Waals surface area contributed by atoms with Crippen LogP contribution >= 0.6 is 11.6 Å². The molecule has 0 amide bonds. The minimum Gasteiger partial charge on any atom is -0.454 e. The molecule has 3 rings (SSSR count). The van der Waals surface area contributed by atoms with Crippen molar-refractivity contribution in [3.63, 3.8) is 0 Å². The van der Waals surface area contributed by atoms with Gasteiger partial charge in [0, 0.05) is 17.7 Å². The highest BCUT2D eigenvalue weighted by molar-refractivity contribution is 6.33. The van der Waals surface area contributed by atoms with E-state index in [0.717, 1.165) is 18.2 Å². The van der Waals surface area contributed by atoms with Crippen LogP contribution in [0.4, 0.5) is 14.5 Å². The van der Waals surface area contributed by atoms with Crippen LogP contribution < -0.4 is 14.8 Å². The van der Waals surface area contributed by atoms with Crippen LogP contribution in [0.25, 0.3) is 0 Å². The third kappa shape index (κ3) is 2.74. The highest BCUT2D eigenvalue weighted by Gasteiger charge is 2.19. The smallest absolute Gasteiger partial charge is 0.231 e. The molecule has 0 spiro atoms. The molecular formula is C15H12ClF2NO2. The van der Waals surface area contributed by atoms with Crippen molar-refractivity contribution < 1.29 is 18.3 Å². The molecule has 6 heteroatoms. The average molecular weight is 312 g/mol. The Morgan fingerprint density at radius 1 is 1.14 bits per heavy atom. The Labute approximate surface area is 125 Å². The molecule has 2 aromatic carbocycles. The Bertz CT molecular complexity index is 694. The van der Waals surface area contributed by atoms with Gasteiger partial charge in [-0.1, -0.05) is 11.6 Å². The van der Waals surface area contributed by atoms with Crippen molar-refractivity contribution in [2.45, 2.75) is 13.0 Å². The predicted octanol–water partition coefficient (Wildman–Crippen LogP) is 4.52. The molecule has 0 aromatic heterocycles. The lowest BCUT2D eigenvalue weighted by atomic mass is 10.1. The second kappa shape index (κ2) is 5.41. The molecule has 21 heavy (non-hydrogen) atoms. The zero-order valence-corrected chi connectivity index (χ0v) is 11.9. The molecule has 2 aromatic rings. The van der Waals surface area contributed by atoms with Crippen molar-refractivity contribution in [1.82, 2.24) is 0 Å². The first-order valence-corrected chi connectivity index (χ1v) is 6.73. The van der Waals surface area contributed by atoms with Gasteiger partial charge in [0.1, 0.15) is 11.6 Å². The third-order valence-electron chi connectivity index (χ3n) is 3.26. The highest BCUT2D eigenvalue weighted by Crippen LogP contribution is 2.40. The molecule has 1 aliphatic rings. The van der Waals surface area contributed by atoms with E-state index >= 15 is 0 Å². The largest absolute Gasteiger partial charge is 0.454 e. The summed E-state index contributed by atoms with van der Waals surface area (Å²) < 4.78 is 37.5. The number of halogens is 3. The molecule has 0 saturated carbocycles. The molecule has 1 unspecified atom stereocenters. The summed E-state index contributed by atoms with van der Waals surface area (Å²) >= 11 is 6.14. The summed E-state index contributed by atoms with van der Waals surface area (Å²) in [6.07, 6.45) is 0. The van der Waals surface area contributed by atoms with Crippen molar-refractivity contribution in [3.8, 4) is 11.5 Å². The number of ether oxygens (including phenoxy) is 2. The van der Waals surface area contributed by atoms with Gasteiger partial charge in [-0.25, -0.2) is 8.78 Å². The monoisotopic (exact) mass is 311 g/mol. The second-order valence-electron chi connectivity index (χ2n) is 4.72. The van der Waals surface area contributed by atoms with Gasteiger partial charge < -0.3 is 14.8 Å². The van der Waals surface area contributed by atoms with Crippen LogP contribution in [0.2, 0.25) is 5.02 Å². The maximum Gasteiger partial charge on any atom is 0.231 e. The summed E-state index contributed by atoms with van der Waals surface area (Å²) in [5, 5.41) is 3.47. The molecule has 3 nitrogen and oxygen atoms in total. The van der Waals surface area contributed by atoms with E-state index in [0.29, 0.717) is 22.2 Å². The highest BCUT2D eigenvalue weighted by atomic mass is 35.5. The van der Waals surface area contributed by atoms with E-state index in [-0.39, 0.29) is 12.4 Å². The number of rotatable bonds is 3. The zero-order chi connectivity index (χ0) is 15.0. The van der Waals surface area contributed by atoms with Crippen LogP contribution in [-0.2, 0) is 0 Å².